The number of tetrazole rings is 1. The predicted octanol–water partition coefficient (Wildman–Crippen LogP) is 1.47. The van der Waals surface area contributed by atoms with Gasteiger partial charge in [0.05, 0.1) is 0 Å². The highest BCUT2D eigenvalue weighted by Crippen LogP contribution is 2.18. The maximum Gasteiger partial charge on any atom is 0.370 e. The molecule has 0 atom stereocenters. The molecule has 0 saturated carbocycles. The highest BCUT2D eigenvalue weighted by atomic mass is 32.1. The quantitative estimate of drug-likeness (QED) is 0.620. The highest BCUT2D eigenvalue weighted by molar-refractivity contribution is 7.12. The summed E-state index contributed by atoms with van der Waals surface area (Å²) in [6, 6.07) is 11.4. The number of piperazine rings is 1. The Kier molecular flexibility index (Phi) is 4.87. The standard InChI is InChI=1S/C18H20N6O2S/c1-14(25)15-4-6-16(7-5-15)22-10-8-21(9-11-22)13-23-18(26)24(20-19-23)17-3-2-12-27-17/h2-7,12H,8-11,13H2,1H3. The van der Waals surface area contributed by atoms with E-state index in [1.54, 1.807) is 6.92 Å². The van der Waals surface area contributed by atoms with Crippen LogP contribution in [0, 0.1) is 0 Å². The normalized spacial score (nSPS) is 15.2. The monoisotopic (exact) mass is 384 g/mol. The van der Waals surface area contributed by atoms with Crippen molar-refractivity contribution < 1.29 is 4.79 Å². The smallest absolute Gasteiger partial charge is 0.369 e. The predicted molar refractivity (Wildman–Crippen MR) is 104 cm³/mol. The molecule has 3 aromatic rings. The molecule has 9 heteroatoms. The second-order valence-corrected chi connectivity index (χ2v) is 7.40. The number of anilines is 1. The van der Waals surface area contributed by atoms with Crippen LogP contribution in [-0.4, -0.2) is 56.7 Å². The van der Waals surface area contributed by atoms with Crippen molar-refractivity contribution in [3.8, 4) is 5.00 Å². The van der Waals surface area contributed by atoms with Crippen molar-refractivity contribution in [3.63, 3.8) is 0 Å². The van der Waals surface area contributed by atoms with Crippen molar-refractivity contribution in [2.45, 2.75) is 13.6 Å². The van der Waals surface area contributed by atoms with Crippen LogP contribution in [0.5, 0.6) is 0 Å². The molecule has 1 aromatic carbocycles. The van der Waals surface area contributed by atoms with E-state index in [9.17, 15) is 9.59 Å². The second-order valence-electron chi connectivity index (χ2n) is 6.47. The third-order valence-corrected chi connectivity index (χ3v) is 5.54. The Bertz CT molecular complexity index is 968. The second kappa shape index (κ2) is 7.45. The van der Waals surface area contributed by atoms with Gasteiger partial charge in [-0.05, 0) is 59.1 Å². The van der Waals surface area contributed by atoms with Crippen LogP contribution in [-0.2, 0) is 6.67 Å². The molecule has 1 saturated heterocycles. The summed E-state index contributed by atoms with van der Waals surface area (Å²) < 4.78 is 2.73. The van der Waals surface area contributed by atoms with Gasteiger partial charge in [0.25, 0.3) is 0 Å². The number of benzene rings is 1. The Morgan fingerprint density at radius 3 is 2.44 bits per heavy atom. The van der Waals surface area contributed by atoms with E-state index in [4.69, 9.17) is 0 Å². The molecule has 2 aromatic heterocycles. The molecule has 0 aliphatic carbocycles. The molecule has 4 rings (SSSR count). The van der Waals surface area contributed by atoms with Gasteiger partial charge in [-0.1, -0.05) is 0 Å². The maximum atomic E-state index is 12.5. The zero-order chi connectivity index (χ0) is 18.8. The van der Waals surface area contributed by atoms with Crippen LogP contribution in [0.15, 0.2) is 46.6 Å². The molecule has 1 fully saturated rings. The molecule has 0 spiro atoms. The van der Waals surface area contributed by atoms with E-state index in [0.29, 0.717) is 6.67 Å². The lowest BCUT2D eigenvalue weighted by molar-refractivity contribution is 0.101. The van der Waals surface area contributed by atoms with Gasteiger partial charge in [-0.2, -0.15) is 9.36 Å². The lowest BCUT2D eigenvalue weighted by Crippen LogP contribution is -2.48. The third kappa shape index (κ3) is 3.69. The summed E-state index contributed by atoms with van der Waals surface area (Å²) in [7, 11) is 0. The number of hydrogen-bond donors (Lipinski definition) is 0. The molecule has 3 heterocycles. The van der Waals surface area contributed by atoms with Gasteiger partial charge in [-0.3, -0.25) is 9.69 Å². The Balaban J connectivity index is 1.37. The van der Waals surface area contributed by atoms with E-state index < -0.39 is 0 Å². The zero-order valence-electron chi connectivity index (χ0n) is 15.0. The van der Waals surface area contributed by atoms with E-state index in [2.05, 4.69) is 20.2 Å². The van der Waals surface area contributed by atoms with Gasteiger partial charge in [0.2, 0.25) is 0 Å². The molecular formula is C18H20N6O2S. The Hall–Kier alpha value is -2.78. The van der Waals surface area contributed by atoms with Gasteiger partial charge in [-0.25, -0.2) is 4.79 Å². The molecule has 0 bridgehead atoms. The number of carbonyl (C=O) groups excluding carboxylic acids is 1. The SMILES string of the molecule is CC(=O)c1ccc(N2CCN(Cn3nnn(-c4cccs4)c3=O)CC2)cc1. The fourth-order valence-electron chi connectivity index (χ4n) is 3.14. The van der Waals surface area contributed by atoms with Crippen molar-refractivity contribution in [2.24, 2.45) is 0 Å². The van der Waals surface area contributed by atoms with Crippen molar-refractivity contribution in [3.05, 3.63) is 57.8 Å². The molecule has 8 nitrogen and oxygen atoms in total. The number of rotatable bonds is 5. The topological polar surface area (TPSA) is 76.3 Å². The molecule has 0 radical (unpaired) electrons. The molecule has 1 aliphatic rings. The Morgan fingerprint density at radius 1 is 1.07 bits per heavy atom. The van der Waals surface area contributed by atoms with E-state index in [1.165, 1.54) is 20.7 Å². The van der Waals surface area contributed by atoms with Gasteiger partial charge >= 0.3 is 5.69 Å². The largest absolute Gasteiger partial charge is 0.370 e. The van der Waals surface area contributed by atoms with Crippen molar-refractivity contribution >= 4 is 22.8 Å². The van der Waals surface area contributed by atoms with Crippen molar-refractivity contribution in [1.29, 1.82) is 0 Å². The van der Waals surface area contributed by atoms with Gasteiger partial charge in [0, 0.05) is 37.4 Å². The number of aromatic nitrogens is 4. The summed E-state index contributed by atoms with van der Waals surface area (Å²) in [4.78, 5) is 28.3. The van der Waals surface area contributed by atoms with Gasteiger partial charge in [0.15, 0.2) is 5.78 Å². The zero-order valence-corrected chi connectivity index (χ0v) is 15.8. The number of hydrogen-bond acceptors (Lipinski definition) is 7. The minimum atomic E-state index is -0.222. The fraction of sp³-hybridized carbons (Fsp3) is 0.333. The first-order valence-corrected chi connectivity index (χ1v) is 9.65. The maximum absolute atomic E-state index is 12.5. The molecule has 0 amide bonds. The number of nitrogens with zero attached hydrogens (tertiary/aromatic N) is 6. The third-order valence-electron chi connectivity index (χ3n) is 4.70. The van der Waals surface area contributed by atoms with E-state index in [1.807, 2.05) is 41.8 Å². The molecule has 1 aliphatic heterocycles. The average molecular weight is 384 g/mol. The molecule has 0 N–H and O–H groups in total. The molecular weight excluding hydrogens is 364 g/mol. The highest BCUT2D eigenvalue weighted by Gasteiger charge is 2.19. The van der Waals surface area contributed by atoms with E-state index in [0.717, 1.165) is 42.4 Å². The number of ketones is 1. The minimum absolute atomic E-state index is 0.0763. The van der Waals surface area contributed by atoms with Crippen LogP contribution in [0.2, 0.25) is 0 Å². The summed E-state index contributed by atoms with van der Waals surface area (Å²) in [5.41, 5.74) is 1.62. The van der Waals surface area contributed by atoms with Crippen LogP contribution in [0.3, 0.4) is 0 Å². The Morgan fingerprint density at radius 2 is 1.81 bits per heavy atom. The summed E-state index contributed by atoms with van der Waals surface area (Å²) in [5.74, 6) is 0.0763. The summed E-state index contributed by atoms with van der Waals surface area (Å²) in [5, 5.41) is 10.7. The lowest BCUT2D eigenvalue weighted by atomic mass is 10.1. The number of Topliss-reactive ketones (excluding diaryl/α,β-unsaturated/α-hetero) is 1. The molecule has 27 heavy (non-hydrogen) atoms. The Labute approximate surface area is 160 Å². The van der Waals surface area contributed by atoms with Crippen LogP contribution >= 0.6 is 11.3 Å². The van der Waals surface area contributed by atoms with Gasteiger partial charge in [-0.15, -0.1) is 11.3 Å². The minimum Gasteiger partial charge on any atom is -0.369 e. The van der Waals surface area contributed by atoms with Gasteiger partial charge < -0.3 is 4.90 Å². The van der Waals surface area contributed by atoms with Crippen molar-refractivity contribution in [1.82, 2.24) is 24.7 Å². The fourth-order valence-corrected chi connectivity index (χ4v) is 3.80. The first-order valence-electron chi connectivity index (χ1n) is 8.77. The summed E-state index contributed by atoms with van der Waals surface area (Å²) in [6.45, 7) is 5.37. The van der Waals surface area contributed by atoms with Gasteiger partial charge in [0.1, 0.15) is 11.7 Å². The van der Waals surface area contributed by atoms with E-state index in [-0.39, 0.29) is 11.5 Å². The number of carbonyl (C=O) groups is 1. The molecule has 140 valence electrons. The van der Waals surface area contributed by atoms with Crippen LogP contribution in [0.4, 0.5) is 5.69 Å². The first kappa shape index (κ1) is 17.6. The number of thiophene rings is 1. The summed E-state index contributed by atoms with van der Waals surface area (Å²) >= 11 is 1.46. The molecule has 0 unspecified atom stereocenters. The van der Waals surface area contributed by atoms with Crippen LogP contribution < -0.4 is 10.6 Å². The van der Waals surface area contributed by atoms with Crippen LogP contribution in [0.1, 0.15) is 17.3 Å². The van der Waals surface area contributed by atoms with Crippen LogP contribution in [0.25, 0.3) is 5.00 Å². The summed E-state index contributed by atoms with van der Waals surface area (Å²) in [6.07, 6.45) is 0. The van der Waals surface area contributed by atoms with Crippen molar-refractivity contribution in [2.75, 3.05) is 31.1 Å². The van der Waals surface area contributed by atoms with E-state index >= 15 is 0 Å². The average Bonchev–Trinajstić information content (AvgIpc) is 3.33. The first-order chi connectivity index (χ1) is 13.1. The lowest BCUT2D eigenvalue weighted by Gasteiger charge is -2.35.